The highest BCUT2D eigenvalue weighted by Gasteiger charge is 2.09. The fraction of sp³-hybridized carbons (Fsp3) is 0.333. The SMILES string of the molecule is C=CC(C)NC(=O)c1cc(C)[nH]n1. The van der Waals surface area contributed by atoms with Crippen molar-refractivity contribution >= 4 is 5.91 Å². The Hall–Kier alpha value is -1.58. The van der Waals surface area contributed by atoms with Crippen molar-refractivity contribution in [2.75, 3.05) is 0 Å². The van der Waals surface area contributed by atoms with Gasteiger partial charge in [0.15, 0.2) is 0 Å². The summed E-state index contributed by atoms with van der Waals surface area (Å²) in [7, 11) is 0. The second-order valence-electron chi connectivity index (χ2n) is 2.93. The number of rotatable bonds is 3. The van der Waals surface area contributed by atoms with Gasteiger partial charge in [0.25, 0.3) is 5.91 Å². The molecule has 0 fully saturated rings. The first-order chi connectivity index (χ1) is 6.13. The Morgan fingerprint density at radius 1 is 1.85 bits per heavy atom. The maximum atomic E-state index is 11.4. The van der Waals surface area contributed by atoms with Crippen LogP contribution in [-0.4, -0.2) is 22.1 Å². The van der Waals surface area contributed by atoms with Crippen LogP contribution in [0.2, 0.25) is 0 Å². The minimum atomic E-state index is -0.184. The number of hydrogen-bond acceptors (Lipinski definition) is 2. The molecular formula is C9H13N3O. The van der Waals surface area contributed by atoms with Gasteiger partial charge in [0.2, 0.25) is 0 Å². The molecular weight excluding hydrogens is 166 g/mol. The average molecular weight is 179 g/mol. The van der Waals surface area contributed by atoms with E-state index in [-0.39, 0.29) is 11.9 Å². The summed E-state index contributed by atoms with van der Waals surface area (Å²) in [5, 5.41) is 9.26. The maximum absolute atomic E-state index is 11.4. The van der Waals surface area contributed by atoms with Crippen molar-refractivity contribution in [3.63, 3.8) is 0 Å². The molecule has 0 aliphatic heterocycles. The van der Waals surface area contributed by atoms with Gasteiger partial charge in [0.05, 0.1) is 0 Å². The zero-order chi connectivity index (χ0) is 9.84. The van der Waals surface area contributed by atoms with E-state index in [0.29, 0.717) is 5.69 Å². The Balaban J connectivity index is 2.63. The Labute approximate surface area is 77.0 Å². The molecule has 0 bridgehead atoms. The second kappa shape index (κ2) is 3.89. The van der Waals surface area contributed by atoms with Gasteiger partial charge < -0.3 is 5.32 Å². The van der Waals surface area contributed by atoms with Crippen LogP contribution < -0.4 is 5.32 Å². The molecule has 0 saturated heterocycles. The largest absolute Gasteiger partial charge is 0.345 e. The average Bonchev–Trinajstić information content (AvgIpc) is 2.51. The third-order valence-corrected chi connectivity index (χ3v) is 1.65. The molecule has 1 amide bonds. The topological polar surface area (TPSA) is 57.8 Å². The predicted molar refractivity (Wildman–Crippen MR) is 50.4 cm³/mol. The predicted octanol–water partition coefficient (Wildman–Crippen LogP) is 1.02. The number of carbonyl (C=O) groups excluding carboxylic acids is 1. The number of amides is 1. The van der Waals surface area contributed by atoms with Gasteiger partial charge in [-0.25, -0.2) is 0 Å². The van der Waals surface area contributed by atoms with E-state index in [9.17, 15) is 4.79 Å². The van der Waals surface area contributed by atoms with Gasteiger partial charge in [-0.05, 0) is 19.9 Å². The number of H-pyrrole nitrogens is 1. The fourth-order valence-electron chi connectivity index (χ4n) is 0.874. The lowest BCUT2D eigenvalue weighted by molar-refractivity contribution is 0.0942. The van der Waals surface area contributed by atoms with E-state index in [0.717, 1.165) is 5.69 Å². The third kappa shape index (κ3) is 2.43. The lowest BCUT2D eigenvalue weighted by atomic mass is 10.3. The summed E-state index contributed by atoms with van der Waals surface area (Å²) in [4.78, 5) is 11.4. The molecule has 0 aliphatic carbocycles. The Morgan fingerprint density at radius 2 is 2.54 bits per heavy atom. The third-order valence-electron chi connectivity index (χ3n) is 1.65. The molecule has 0 aliphatic rings. The molecule has 2 N–H and O–H groups in total. The van der Waals surface area contributed by atoms with Crippen LogP contribution in [0.4, 0.5) is 0 Å². The molecule has 4 heteroatoms. The first-order valence-corrected chi connectivity index (χ1v) is 4.09. The molecule has 0 spiro atoms. The van der Waals surface area contributed by atoms with Gasteiger partial charge in [0.1, 0.15) is 5.69 Å². The molecule has 13 heavy (non-hydrogen) atoms. The van der Waals surface area contributed by atoms with Crippen LogP contribution in [0, 0.1) is 6.92 Å². The van der Waals surface area contributed by atoms with Gasteiger partial charge in [-0.2, -0.15) is 5.10 Å². The van der Waals surface area contributed by atoms with Crippen molar-refractivity contribution in [1.82, 2.24) is 15.5 Å². The molecule has 1 aromatic rings. The number of nitrogens with one attached hydrogen (secondary N) is 2. The molecule has 1 rings (SSSR count). The van der Waals surface area contributed by atoms with E-state index in [2.05, 4.69) is 22.1 Å². The molecule has 4 nitrogen and oxygen atoms in total. The molecule has 1 atom stereocenters. The first kappa shape index (κ1) is 9.51. The van der Waals surface area contributed by atoms with Crippen LogP contribution >= 0.6 is 0 Å². The summed E-state index contributed by atoms with van der Waals surface area (Å²) in [5.41, 5.74) is 1.28. The zero-order valence-electron chi connectivity index (χ0n) is 7.79. The van der Waals surface area contributed by atoms with Gasteiger partial charge in [-0.1, -0.05) is 6.08 Å². The van der Waals surface area contributed by atoms with E-state index < -0.39 is 0 Å². The molecule has 1 heterocycles. The summed E-state index contributed by atoms with van der Waals surface area (Å²) >= 11 is 0. The molecule has 0 radical (unpaired) electrons. The fourth-order valence-corrected chi connectivity index (χ4v) is 0.874. The van der Waals surface area contributed by atoms with Crippen molar-refractivity contribution in [2.45, 2.75) is 19.9 Å². The van der Waals surface area contributed by atoms with Crippen molar-refractivity contribution in [1.29, 1.82) is 0 Å². The van der Waals surface area contributed by atoms with E-state index in [1.165, 1.54) is 0 Å². The number of carbonyl (C=O) groups is 1. The first-order valence-electron chi connectivity index (χ1n) is 4.09. The number of hydrogen-bond donors (Lipinski definition) is 2. The Morgan fingerprint density at radius 3 is 3.00 bits per heavy atom. The summed E-state index contributed by atoms with van der Waals surface area (Å²) in [6, 6.07) is 1.66. The lowest BCUT2D eigenvalue weighted by Gasteiger charge is -2.06. The number of aryl methyl sites for hydroxylation is 1. The highest BCUT2D eigenvalue weighted by atomic mass is 16.2. The highest BCUT2D eigenvalue weighted by molar-refractivity contribution is 5.92. The number of nitrogens with zero attached hydrogens (tertiary/aromatic N) is 1. The number of aromatic amines is 1. The highest BCUT2D eigenvalue weighted by Crippen LogP contribution is 1.97. The van der Waals surface area contributed by atoms with Crippen LogP contribution in [0.5, 0.6) is 0 Å². The Kier molecular flexibility index (Phi) is 2.84. The second-order valence-corrected chi connectivity index (χ2v) is 2.93. The molecule has 0 saturated carbocycles. The van der Waals surface area contributed by atoms with Crippen molar-refractivity contribution in [3.8, 4) is 0 Å². The summed E-state index contributed by atoms with van der Waals surface area (Å²) in [5.74, 6) is -0.184. The molecule has 0 aromatic carbocycles. The molecule has 70 valence electrons. The zero-order valence-corrected chi connectivity index (χ0v) is 7.79. The van der Waals surface area contributed by atoms with Crippen LogP contribution in [0.1, 0.15) is 23.1 Å². The van der Waals surface area contributed by atoms with Gasteiger partial charge in [-0.15, -0.1) is 6.58 Å². The van der Waals surface area contributed by atoms with Crippen molar-refractivity contribution in [3.05, 3.63) is 30.1 Å². The normalized spacial score (nSPS) is 12.2. The molecule has 1 unspecified atom stereocenters. The smallest absolute Gasteiger partial charge is 0.272 e. The lowest BCUT2D eigenvalue weighted by Crippen LogP contribution is -2.31. The monoisotopic (exact) mass is 179 g/mol. The summed E-state index contributed by atoms with van der Waals surface area (Å²) < 4.78 is 0. The van der Waals surface area contributed by atoms with E-state index >= 15 is 0 Å². The van der Waals surface area contributed by atoms with Crippen molar-refractivity contribution in [2.24, 2.45) is 0 Å². The number of aromatic nitrogens is 2. The quantitative estimate of drug-likeness (QED) is 0.681. The minimum Gasteiger partial charge on any atom is -0.345 e. The van der Waals surface area contributed by atoms with Gasteiger partial charge in [-0.3, -0.25) is 9.89 Å². The van der Waals surface area contributed by atoms with Crippen molar-refractivity contribution < 1.29 is 4.79 Å². The van der Waals surface area contributed by atoms with Gasteiger partial charge >= 0.3 is 0 Å². The minimum absolute atomic E-state index is 0.0375. The molecule has 1 aromatic heterocycles. The van der Waals surface area contributed by atoms with Crippen LogP contribution in [0.3, 0.4) is 0 Å². The van der Waals surface area contributed by atoms with Crippen LogP contribution in [-0.2, 0) is 0 Å². The van der Waals surface area contributed by atoms with Crippen LogP contribution in [0.25, 0.3) is 0 Å². The van der Waals surface area contributed by atoms with E-state index in [4.69, 9.17) is 0 Å². The van der Waals surface area contributed by atoms with Gasteiger partial charge in [0, 0.05) is 11.7 Å². The van der Waals surface area contributed by atoms with E-state index in [1.807, 2.05) is 13.8 Å². The summed E-state index contributed by atoms with van der Waals surface area (Å²) in [6.07, 6.45) is 1.66. The standard InChI is InChI=1S/C9H13N3O/c1-4-6(2)10-9(13)8-5-7(3)11-12-8/h4-6H,1H2,2-3H3,(H,10,13)(H,11,12). The van der Waals surface area contributed by atoms with Crippen LogP contribution in [0.15, 0.2) is 18.7 Å². The Bertz CT molecular complexity index is 316. The summed E-state index contributed by atoms with van der Waals surface area (Å²) in [6.45, 7) is 7.27. The maximum Gasteiger partial charge on any atom is 0.272 e. The van der Waals surface area contributed by atoms with E-state index in [1.54, 1.807) is 12.1 Å².